The SMILES string of the molecule is CN1C=NC(C2CCN(c3ccc([N+](=O)[O-])cc3)CC2)C1. The fraction of sp³-hybridized carbons (Fsp3) is 0.533. The molecule has 1 saturated heterocycles. The second-order valence-electron chi connectivity index (χ2n) is 5.87. The summed E-state index contributed by atoms with van der Waals surface area (Å²) in [6.07, 6.45) is 4.20. The number of nitro benzene ring substituents is 1. The van der Waals surface area contributed by atoms with Crippen LogP contribution >= 0.6 is 0 Å². The highest BCUT2D eigenvalue weighted by molar-refractivity contribution is 5.57. The van der Waals surface area contributed by atoms with Gasteiger partial charge >= 0.3 is 0 Å². The van der Waals surface area contributed by atoms with Crippen molar-refractivity contribution >= 4 is 17.7 Å². The molecule has 1 unspecified atom stereocenters. The molecule has 6 nitrogen and oxygen atoms in total. The molecular formula is C15H20N4O2. The predicted octanol–water partition coefficient (Wildman–Crippen LogP) is 2.15. The minimum atomic E-state index is -0.357. The number of benzene rings is 1. The Labute approximate surface area is 124 Å². The Morgan fingerprint density at radius 1 is 1.24 bits per heavy atom. The summed E-state index contributed by atoms with van der Waals surface area (Å²) in [4.78, 5) is 19.4. The summed E-state index contributed by atoms with van der Waals surface area (Å²) in [5.74, 6) is 0.653. The van der Waals surface area contributed by atoms with E-state index >= 15 is 0 Å². The largest absolute Gasteiger partial charge is 0.372 e. The number of anilines is 1. The summed E-state index contributed by atoms with van der Waals surface area (Å²) in [6.45, 7) is 3.03. The second kappa shape index (κ2) is 5.71. The van der Waals surface area contributed by atoms with Crippen LogP contribution < -0.4 is 4.90 Å². The van der Waals surface area contributed by atoms with Crippen LogP contribution in [0.4, 0.5) is 11.4 Å². The van der Waals surface area contributed by atoms with Crippen LogP contribution in [0.25, 0.3) is 0 Å². The van der Waals surface area contributed by atoms with E-state index in [0.29, 0.717) is 12.0 Å². The lowest BCUT2D eigenvalue weighted by Gasteiger charge is -2.35. The molecule has 2 aliphatic rings. The Morgan fingerprint density at radius 2 is 1.90 bits per heavy atom. The zero-order chi connectivity index (χ0) is 14.8. The minimum absolute atomic E-state index is 0.150. The van der Waals surface area contributed by atoms with E-state index in [-0.39, 0.29) is 10.6 Å². The summed E-state index contributed by atoms with van der Waals surface area (Å²) in [5, 5.41) is 10.7. The van der Waals surface area contributed by atoms with E-state index < -0.39 is 0 Å². The zero-order valence-corrected chi connectivity index (χ0v) is 12.2. The van der Waals surface area contributed by atoms with E-state index in [4.69, 9.17) is 0 Å². The molecule has 0 aliphatic carbocycles. The van der Waals surface area contributed by atoms with Crippen molar-refractivity contribution in [2.45, 2.75) is 18.9 Å². The summed E-state index contributed by atoms with van der Waals surface area (Å²) in [7, 11) is 2.06. The molecule has 1 atom stereocenters. The van der Waals surface area contributed by atoms with Crippen LogP contribution in [0.2, 0.25) is 0 Å². The molecule has 1 aromatic carbocycles. The van der Waals surface area contributed by atoms with Gasteiger partial charge < -0.3 is 9.80 Å². The lowest BCUT2D eigenvalue weighted by atomic mass is 9.89. The Bertz CT molecular complexity index is 535. The maximum Gasteiger partial charge on any atom is 0.269 e. The van der Waals surface area contributed by atoms with E-state index in [1.165, 1.54) is 0 Å². The molecule has 21 heavy (non-hydrogen) atoms. The Kier molecular flexibility index (Phi) is 3.77. The van der Waals surface area contributed by atoms with Gasteiger partial charge in [0.15, 0.2) is 0 Å². The van der Waals surface area contributed by atoms with Crippen LogP contribution in [0.3, 0.4) is 0 Å². The number of hydrogen-bond donors (Lipinski definition) is 0. The number of non-ortho nitro benzene ring substituents is 1. The number of likely N-dealkylation sites (N-methyl/N-ethyl adjacent to an activating group) is 1. The van der Waals surface area contributed by atoms with Gasteiger partial charge in [-0.1, -0.05) is 0 Å². The average Bonchev–Trinajstić information content (AvgIpc) is 2.94. The lowest BCUT2D eigenvalue weighted by Crippen LogP contribution is -2.38. The first-order chi connectivity index (χ1) is 10.1. The molecule has 6 heteroatoms. The van der Waals surface area contributed by atoms with Crippen molar-refractivity contribution in [3.05, 3.63) is 34.4 Å². The molecule has 0 radical (unpaired) electrons. The predicted molar refractivity (Wildman–Crippen MR) is 82.9 cm³/mol. The van der Waals surface area contributed by atoms with Gasteiger partial charge in [0.1, 0.15) is 0 Å². The topological polar surface area (TPSA) is 62.0 Å². The fourth-order valence-electron chi connectivity index (χ4n) is 3.19. The molecule has 0 spiro atoms. The first kappa shape index (κ1) is 13.9. The van der Waals surface area contributed by atoms with E-state index in [1.54, 1.807) is 12.1 Å². The van der Waals surface area contributed by atoms with Crippen LogP contribution in [0.5, 0.6) is 0 Å². The molecule has 2 aliphatic heterocycles. The number of nitro groups is 1. The quantitative estimate of drug-likeness (QED) is 0.631. The van der Waals surface area contributed by atoms with Crippen LogP contribution in [0, 0.1) is 16.0 Å². The molecule has 0 saturated carbocycles. The van der Waals surface area contributed by atoms with Crippen molar-refractivity contribution in [1.82, 2.24) is 4.90 Å². The van der Waals surface area contributed by atoms with Crippen molar-refractivity contribution in [3.63, 3.8) is 0 Å². The molecule has 112 valence electrons. The summed E-state index contributed by atoms with van der Waals surface area (Å²) in [6, 6.07) is 7.30. The Morgan fingerprint density at radius 3 is 2.43 bits per heavy atom. The van der Waals surface area contributed by atoms with Gasteiger partial charge in [0, 0.05) is 44.5 Å². The smallest absolute Gasteiger partial charge is 0.269 e. The van der Waals surface area contributed by atoms with E-state index in [1.807, 2.05) is 18.5 Å². The summed E-state index contributed by atoms with van der Waals surface area (Å²) >= 11 is 0. The monoisotopic (exact) mass is 288 g/mol. The molecular weight excluding hydrogens is 268 g/mol. The van der Waals surface area contributed by atoms with Gasteiger partial charge in [-0.3, -0.25) is 15.1 Å². The van der Waals surface area contributed by atoms with Crippen molar-refractivity contribution in [1.29, 1.82) is 0 Å². The summed E-state index contributed by atoms with van der Waals surface area (Å²) < 4.78 is 0. The van der Waals surface area contributed by atoms with E-state index in [0.717, 1.165) is 38.2 Å². The number of nitrogens with zero attached hydrogens (tertiary/aromatic N) is 4. The minimum Gasteiger partial charge on any atom is -0.372 e. The molecule has 1 aromatic rings. The Hall–Kier alpha value is -2.11. The van der Waals surface area contributed by atoms with Crippen LogP contribution in [-0.4, -0.2) is 48.9 Å². The highest BCUT2D eigenvalue weighted by atomic mass is 16.6. The van der Waals surface area contributed by atoms with Gasteiger partial charge in [-0.25, -0.2) is 0 Å². The third-order valence-corrected chi connectivity index (χ3v) is 4.44. The van der Waals surface area contributed by atoms with Gasteiger partial charge in [-0.2, -0.15) is 0 Å². The van der Waals surface area contributed by atoms with Crippen molar-refractivity contribution in [3.8, 4) is 0 Å². The van der Waals surface area contributed by atoms with Gasteiger partial charge in [0.05, 0.1) is 17.3 Å². The summed E-state index contributed by atoms with van der Waals surface area (Å²) in [5.41, 5.74) is 1.23. The second-order valence-corrected chi connectivity index (χ2v) is 5.87. The lowest BCUT2D eigenvalue weighted by molar-refractivity contribution is -0.384. The highest BCUT2D eigenvalue weighted by Crippen LogP contribution is 2.28. The first-order valence-corrected chi connectivity index (χ1v) is 7.36. The van der Waals surface area contributed by atoms with Gasteiger partial charge in [0.2, 0.25) is 0 Å². The van der Waals surface area contributed by atoms with E-state index in [2.05, 4.69) is 21.8 Å². The highest BCUT2D eigenvalue weighted by Gasteiger charge is 2.28. The van der Waals surface area contributed by atoms with Crippen LogP contribution in [-0.2, 0) is 0 Å². The maximum atomic E-state index is 10.7. The molecule has 0 amide bonds. The standard InChI is InChI=1S/C15H20N4O2/c1-17-10-15(16-11-17)12-6-8-18(9-7-12)13-2-4-14(5-3-13)19(20)21/h2-5,11-12,15H,6-10H2,1H3. The maximum absolute atomic E-state index is 10.7. The normalized spacial score (nSPS) is 22.8. The van der Waals surface area contributed by atoms with Crippen molar-refractivity contribution in [2.24, 2.45) is 10.9 Å². The third-order valence-electron chi connectivity index (χ3n) is 4.44. The van der Waals surface area contributed by atoms with Crippen molar-refractivity contribution < 1.29 is 4.92 Å². The first-order valence-electron chi connectivity index (χ1n) is 7.36. The number of hydrogen-bond acceptors (Lipinski definition) is 5. The molecule has 0 bridgehead atoms. The zero-order valence-electron chi connectivity index (χ0n) is 12.2. The molecule has 0 N–H and O–H groups in total. The third kappa shape index (κ3) is 2.99. The molecule has 1 fully saturated rings. The van der Waals surface area contributed by atoms with Gasteiger partial charge in [-0.05, 0) is 30.9 Å². The molecule has 0 aromatic heterocycles. The number of aliphatic imine (C=N–C) groups is 1. The average molecular weight is 288 g/mol. The van der Waals surface area contributed by atoms with E-state index in [9.17, 15) is 10.1 Å². The number of rotatable bonds is 3. The van der Waals surface area contributed by atoms with Crippen LogP contribution in [0.15, 0.2) is 29.3 Å². The van der Waals surface area contributed by atoms with Crippen LogP contribution in [0.1, 0.15) is 12.8 Å². The van der Waals surface area contributed by atoms with Crippen molar-refractivity contribution in [2.75, 3.05) is 31.6 Å². The van der Waals surface area contributed by atoms with Gasteiger partial charge in [-0.15, -0.1) is 0 Å². The molecule has 2 heterocycles. The Balaban J connectivity index is 1.58. The fourth-order valence-corrected chi connectivity index (χ4v) is 3.19. The van der Waals surface area contributed by atoms with Gasteiger partial charge in [0.25, 0.3) is 5.69 Å². The number of piperidine rings is 1. The molecule has 3 rings (SSSR count).